The van der Waals surface area contributed by atoms with Crippen LogP contribution in [0.2, 0.25) is 0 Å². The lowest BCUT2D eigenvalue weighted by Crippen LogP contribution is -2.50. The van der Waals surface area contributed by atoms with Crippen molar-refractivity contribution >= 4 is 16.7 Å². The highest BCUT2D eigenvalue weighted by Gasteiger charge is 2.24. The highest BCUT2D eigenvalue weighted by molar-refractivity contribution is 5.83. The number of hydrogen-bond donors (Lipinski definition) is 1. The third kappa shape index (κ3) is 3.77. The van der Waals surface area contributed by atoms with Gasteiger partial charge in [-0.1, -0.05) is 50.2 Å². The number of rotatable bonds is 4. The first-order valence-electron chi connectivity index (χ1n) is 8.72. The number of hydrogen-bond acceptors (Lipinski definition) is 3. The van der Waals surface area contributed by atoms with E-state index in [0.717, 1.165) is 37.1 Å². The zero-order valence-electron chi connectivity index (χ0n) is 14.5. The van der Waals surface area contributed by atoms with Crippen molar-refractivity contribution in [1.82, 2.24) is 9.80 Å². The zero-order chi connectivity index (χ0) is 17.1. The standard InChI is InChI=1S/C20H26N2O2/c1-15(2)20(24)22-11-9-21(10-12-22)14-19(23)18-8-7-16-5-3-4-6-17(16)13-18/h3-8,13,15,19,23H,9-12,14H2,1-2H3. The van der Waals surface area contributed by atoms with Gasteiger partial charge < -0.3 is 10.0 Å². The van der Waals surface area contributed by atoms with E-state index in [0.29, 0.717) is 6.54 Å². The molecule has 1 atom stereocenters. The van der Waals surface area contributed by atoms with Crippen LogP contribution in [0.25, 0.3) is 10.8 Å². The molecule has 1 saturated heterocycles. The molecule has 1 heterocycles. The lowest BCUT2D eigenvalue weighted by molar-refractivity contribution is -0.136. The molecule has 2 aromatic rings. The Labute approximate surface area is 143 Å². The maximum atomic E-state index is 12.0. The molecule has 1 aliphatic heterocycles. The van der Waals surface area contributed by atoms with Crippen molar-refractivity contribution in [2.24, 2.45) is 5.92 Å². The van der Waals surface area contributed by atoms with Gasteiger partial charge in [0.15, 0.2) is 0 Å². The molecular formula is C20H26N2O2. The van der Waals surface area contributed by atoms with Crippen molar-refractivity contribution in [3.63, 3.8) is 0 Å². The van der Waals surface area contributed by atoms with Gasteiger partial charge in [-0.2, -0.15) is 0 Å². The first-order chi connectivity index (χ1) is 11.5. The van der Waals surface area contributed by atoms with E-state index in [1.54, 1.807) is 0 Å². The van der Waals surface area contributed by atoms with Gasteiger partial charge in [-0.3, -0.25) is 9.69 Å². The van der Waals surface area contributed by atoms with Gasteiger partial charge in [0.1, 0.15) is 0 Å². The normalized spacial score (nSPS) is 17.4. The number of β-amino-alcohol motifs (C(OH)–C–C–N with tert-alkyl or cyclic N) is 1. The molecular weight excluding hydrogens is 300 g/mol. The van der Waals surface area contributed by atoms with Gasteiger partial charge in [0, 0.05) is 38.6 Å². The van der Waals surface area contributed by atoms with E-state index in [4.69, 9.17) is 0 Å². The molecule has 1 N–H and O–H groups in total. The van der Waals surface area contributed by atoms with Crippen LogP contribution in [0.5, 0.6) is 0 Å². The van der Waals surface area contributed by atoms with Crippen LogP contribution in [-0.2, 0) is 4.79 Å². The molecule has 3 rings (SSSR count). The van der Waals surface area contributed by atoms with E-state index in [9.17, 15) is 9.90 Å². The summed E-state index contributed by atoms with van der Waals surface area (Å²) in [5, 5.41) is 12.9. The molecule has 0 radical (unpaired) electrons. The molecule has 4 nitrogen and oxygen atoms in total. The highest BCUT2D eigenvalue weighted by atomic mass is 16.3. The van der Waals surface area contributed by atoms with E-state index < -0.39 is 6.10 Å². The van der Waals surface area contributed by atoms with Gasteiger partial charge in [0.25, 0.3) is 0 Å². The van der Waals surface area contributed by atoms with Crippen molar-refractivity contribution < 1.29 is 9.90 Å². The second-order valence-electron chi connectivity index (χ2n) is 6.90. The molecule has 0 saturated carbocycles. The fourth-order valence-corrected chi connectivity index (χ4v) is 3.28. The predicted molar refractivity (Wildman–Crippen MR) is 96.8 cm³/mol. The maximum Gasteiger partial charge on any atom is 0.225 e. The molecule has 1 unspecified atom stereocenters. The Kier molecular flexibility index (Phi) is 5.17. The number of nitrogens with zero attached hydrogens (tertiary/aromatic N) is 2. The Morgan fingerprint density at radius 2 is 1.71 bits per heavy atom. The molecule has 0 aliphatic carbocycles. The van der Waals surface area contributed by atoms with Crippen LogP contribution in [-0.4, -0.2) is 53.5 Å². The Bertz CT molecular complexity index is 706. The number of carbonyl (C=O) groups excluding carboxylic acids is 1. The lowest BCUT2D eigenvalue weighted by Gasteiger charge is -2.36. The minimum Gasteiger partial charge on any atom is -0.387 e. The first-order valence-corrected chi connectivity index (χ1v) is 8.72. The molecule has 0 aromatic heterocycles. The smallest absolute Gasteiger partial charge is 0.225 e. The van der Waals surface area contributed by atoms with Gasteiger partial charge in [-0.05, 0) is 22.4 Å². The summed E-state index contributed by atoms with van der Waals surface area (Å²) in [6.07, 6.45) is -0.498. The maximum absolute atomic E-state index is 12.0. The summed E-state index contributed by atoms with van der Waals surface area (Å²) in [5.74, 6) is 0.282. The summed E-state index contributed by atoms with van der Waals surface area (Å²) in [5.41, 5.74) is 0.953. The number of fused-ring (bicyclic) bond motifs is 1. The van der Waals surface area contributed by atoms with E-state index in [1.807, 2.05) is 36.9 Å². The molecule has 24 heavy (non-hydrogen) atoms. The highest BCUT2D eigenvalue weighted by Crippen LogP contribution is 2.21. The fourth-order valence-electron chi connectivity index (χ4n) is 3.28. The number of aliphatic hydroxyl groups is 1. The van der Waals surface area contributed by atoms with E-state index in [-0.39, 0.29) is 11.8 Å². The average molecular weight is 326 g/mol. The SMILES string of the molecule is CC(C)C(=O)N1CCN(CC(O)c2ccc3ccccc3c2)CC1. The summed E-state index contributed by atoms with van der Waals surface area (Å²) in [6.45, 7) is 7.65. The number of benzene rings is 2. The number of carbonyl (C=O) groups is 1. The molecule has 1 aliphatic rings. The number of piperazine rings is 1. The largest absolute Gasteiger partial charge is 0.387 e. The summed E-state index contributed by atoms with van der Waals surface area (Å²) < 4.78 is 0. The van der Waals surface area contributed by atoms with Crippen molar-refractivity contribution in [2.45, 2.75) is 20.0 Å². The van der Waals surface area contributed by atoms with Crippen LogP contribution in [0.4, 0.5) is 0 Å². The quantitative estimate of drug-likeness (QED) is 0.939. The Balaban J connectivity index is 1.59. The van der Waals surface area contributed by atoms with Crippen molar-refractivity contribution in [3.8, 4) is 0 Å². The summed E-state index contributed by atoms with van der Waals surface area (Å²) in [6, 6.07) is 14.3. The molecule has 128 valence electrons. The fraction of sp³-hybridized carbons (Fsp3) is 0.450. The van der Waals surface area contributed by atoms with Crippen LogP contribution in [0.15, 0.2) is 42.5 Å². The zero-order valence-corrected chi connectivity index (χ0v) is 14.5. The van der Waals surface area contributed by atoms with Crippen LogP contribution < -0.4 is 0 Å². The molecule has 4 heteroatoms. The number of aliphatic hydroxyl groups excluding tert-OH is 1. The van der Waals surface area contributed by atoms with Crippen LogP contribution >= 0.6 is 0 Å². The minimum absolute atomic E-state index is 0.0553. The summed E-state index contributed by atoms with van der Waals surface area (Å²) in [4.78, 5) is 16.2. The Morgan fingerprint density at radius 3 is 2.38 bits per heavy atom. The van der Waals surface area contributed by atoms with Crippen LogP contribution in [0.3, 0.4) is 0 Å². The molecule has 0 spiro atoms. The Morgan fingerprint density at radius 1 is 1.04 bits per heavy atom. The number of amides is 1. The van der Waals surface area contributed by atoms with Crippen molar-refractivity contribution in [1.29, 1.82) is 0 Å². The first kappa shape index (κ1) is 16.9. The summed E-state index contributed by atoms with van der Waals surface area (Å²) in [7, 11) is 0. The third-order valence-corrected chi connectivity index (χ3v) is 4.77. The minimum atomic E-state index is -0.498. The van der Waals surface area contributed by atoms with Crippen molar-refractivity contribution in [3.05, 3.63) is 48.0 Å². The van der Waals surface area contributed by atoms with Crippen LogP contribution in [0, 0.1) is 5.92 Å². The Hall–Kier alpha value is -1.91. The van der Waals surface area contributed by atoms with E-state index in [2.05, 4.69) is 29.2 Å². The monoisotopic (exact) mass is 326 g/mol. The van der Waals surface area contributed by atoms with Gasteiger partial charge in [0.2, 0.25) is 5.91 Å². The van der Waals surface area contributed by atoms with Gasteiger partial charge in [-0.25, -0.2) is 0 Å². The lowest BCUT2D eigenvalue weighted by atomic mass is 10.0. The molecule has 1 fully saturated rings. The topological polar surface area (TPSA) is 43.8 Å². The van der Waals surface area contributed by atoms with Gasteiger partial charge in [-0.15, -0.1) is 0 Å². The molecule has 1 amide bonds. The molecule has 0 bridgehead atoms. The summed E-state index contributed by atoms with van der Waals surface area (Å²) >= 11 is 0. The predicted octanol–water partition coefficient (Wildman–Crippen LogP) is 2.67. The van der Waals surface area contributed by atoms with E-state index >= 15 is 0 Å². The van der Waals surface area contributed by atoms with Gasteiger partial charge in [0.05, 0.1) is 6.10 Å². The van der Waals surface area contributed by atoms with E-state index in [1.165, 1.54) is 5.39 Å². The molecule has 2 aromatic carbocycles. The van der Waals surface area contributed by atoms with Crippen LogP contribution in [0.1, 0.15) is 25.5 Å². The third-order valence-electron chi connectivity index (χ3n) is 4.77. The second kappa shape index (κ2) is 7.32. The van der Waals surface area contributed by atoms with Crippen molar-refractivity contribution in [2.75, 3.05) is 32.7 Å². The average Bonchev–Trinajstić information content (AvgIpc) is 2.61. The van der Waals surface area contributed by atoms with Gasteiger partial charge >= 0.3 is 0 Å². The second-order valence-corrected chi connectivity index (χ2v) is 6.90.